The number of aromatic nitrogens is 2. The van der Waals surface area contributed by atoms with Crippen LogP contribution in [-0.2, 0) is 4.79 Å². The Morgan fingerprint density at radius 3 is 2.41 bits per heavy atom. The molecule has 0 spiro atoms. The van der Waals surface area contributed by atoms with Crippen LogP contribution in [0.2, 0.25) is 10.0 Å². The Bertz CT molecular complexity index is 1230. The molecule has 0 aliphatic carbocycles. The molecule has 166 valence electrons. The highest BCUT2D eigenvalue weighted by Crippen LogP contribution is 2.29. The van der Waals surface area contributed by atoms with Crippen LogP contribution in [0.4, 0.5) is 10.1 Å². The zero-order valence-electron chi connectivity index (χ0n) is 17.2. The summed E-state index contributed by atoms with van der Waals surface area (Å²) in [4.78, 5) is 39.2. The van der Waals surface area contributed by atoms with Gasteiger partial charge in [-0.1, -0.05) is 41.4 Å². The first-order chi connectivity index (χ1) is 15.2. The van der Waals surface area contributed by atoms with Crippen LogP contribution in [0.3, 0.4) is 0 Å². The number of anilines is 1. The van der Waals surface area contributed by atoms with Crippen LogP contribution in [0, 0.1) is 12.7 Å². The molecule has 0 unspecified atom stereocenters. The zero-order chi connectivity index (χ0) is 23.4. The van der Waals surface area contributed by atoms with Crippen LogP contribution in [0.5, 0.6) is 0 Å². The molecular formula is C22H19Cl2FN4O3. The average molecular weight is 477 g/mol. The summed E-state index contributed by atoms with van der Waals surface area (Å²) in [7, 11) is 0. The fourth-order valence-corrected chi connectivity index (χ4v) is 3.50. The molecule has 0 radical (unpaired) electrons. The number of carbonyl (C=O) groups is 2. The first-order valence-corrected chi connectivity index (χ1v) is 10.4. The number of benzene rings is 2. The number of carbonyl (C=O) groups excluding carboxylic acids is 2. The number of aryl methyl sites for hydroxylation is 1. The number of nitrogens with zero attached hydrogens (tertiary/aromatic N) is 3. The van der Waals surface area contributed by atoms with Crippen molar-refractivity contribution in [3.8, 4) is 5.69 Å². The van der Waals surface area contributed by atoms with E-state index in [-0.39, 0.29) is 34.5 Å². The lowest BCUT2D eigenvalue weighted by Crippen LogP contribution is -2.41. The third-order valence-electron chi connectivity index (χ3n) is 4.62. The number of halogens is 3. The molecule has 0 saturated carbocycles. The minimum absolute atomic E-state index is 0.0909. The molecule has 0 fully saturated rings. The molecule has 3 aromatic rings. The lowest BCUT2D eigenvalue weighted by atomic mass is 10.2. The normalized spacial score (nSPS) is 10.7. The Kier molecular flexibility index (Phi) is 7.27. The Morgan fingerprint density at radius 2 is 1.78 bits per heavy atom. The van der Waals surface area contributed by atoms with Gasteiger partial charge >= 0.3 is 0 Å². The zero-order valence-corrected chi connectivity index (χ0v) is 18.7. The molecule has 2 amide bonds. The highest BCUT2D eigenvalue weighted by Gasteiger charge is 2.24. The van der Waals surface area contributed by atoms with Gasteiger partial charge < -0.3 is 10.2 Å². The lowest BCUT2D eigenvalue weighted by Gasteiger charge is -2.21. The van der Waals surface area contributed by atoms with Gasteiger partial charge in [0.15, 0.2) is 5.69 Å². The monoisotopic (exact) mass is 476 g/mol. The second kappa shape index (κ2) is 9.93. The van der Waals surface area contributed by atoms with Gasteiger partial charge in [-0.3, -0.25) is 14.4 Å². The molecule has 0 atom stereocenters. The topological polar surface area (TPSA) is 84.3 Å². The third kappa shape index (κ3) is 4.98. The molecule has 2 aromatic carbocycles. The van der Waals surface area contributed by atoms with Crippen LogP contribution in [0.15, 0.2) is 53.3 Å². The van der Waals surface area contributed by atoms with Gasteiger partial charge in [-0.05, 0) is 38.1 Å². The van der Waals surface area contributed by atoms with E-state index in [9.17, 15) is 18.8 Å². The molecule has 1 heterocycles. The van der Waals surface area contributed by atoms with Crippen molar-refractivity contribution >= 4 is 40.7 Å². The van der Waals surface area contributed by atoms with Crippen LogP contribution < -0.4 is 10.7 Å². The van der Waals surface area contributed by atoms with Crippen molar-refractivity contribution in [2.45, 2.75) is 13.8 Å². The second-order valence-corrected chi connectivity index (χ2v) is 7.64. The van der Waals surface area contributed by atoms with E-state index in [1.54, 1.807) is 38.1 Å². The summed E-state index contributed by atoms with van der Waals surface area (Å²) < 4.78 is 15.4. The first-order valence-electron chi connectivity index (χ1n) is 9.62. The summed E-state index contributed by atoms with van der Waals surface area (Å²) in [6.07, 6.45) is 0. The number of hydrogen-bond donors (Lipinski definition) is 1. The maximum absolute atomic E-state index is 14.2. The number of hydrogen-bond acceptors (Lipinski definition) is 4. The third-order valence-corrected chi connectivity index (χ3v) is 5.25. The maximum atomic E-state index is 14.2. The number of para-hydroxylation sites is 2. The molecule has 10 heteroatoms. The van der Waals surface area contributed by atoms with E-state index < -0.39 is 28.8 Å². The van der Waals surface area contributed by atoms with Gasteiger partial charge in [0.05, 0.1) is 15.7 Å². The summed E-state index contributed by atoms with van der Waals surface area (Å²) in [5.74, 6) is -1.88. The van der Waals surface area contributed by atoms with Crippen LogP contribution in [0.1, 0.15) is 23.1 Å². The van der Waals surface area contributed by atoms with Gasteiger partial charge in [-0.15, -0.1) is 0 Å². The van der Waals surface area contributed by atoms with Crippen LogP contribution in [-0.4, -0.2) is 39.6 Å². The Balaban J connectivity index is 1.88. The van der Waals surface area contributed by atoms with Crippen LogP contribution in [0.25, 0.3) is 5.69 Å². The van der Waals surface area contributed by atoms with Gasteiger partial charge in [0, 0.05) is 18.3 Å². The fourth-order valence-electron chi connectivity index (χ4n) is 3.01. The molecule has 0 aliphatic heterocycles. The van der Waals surface area contributed by atoms with E-state index in [2.05, 4.69) is 10.4 Å². The first kappa shape index (κ1) is 23.4. The van der Waals surface area contributed by atoms with Gasteiger partial charge in [-0.2, -0.15) is 5.10 Å². The Labute approximate surface area is 193 Å². The van der Waals surface area contributed by atoms with Crippen molar-refractivity contribution in [3.05, 3.63) is 86.0 Å². The molecule has 32 heavy (non-hydrogen) atoms. The highest BCUT2D eigenvalue weighted by molar-refractivity contribution is 6.39. The van der Waals surface area contributed by atoms with Gasteiger partial charge in [0.25, 0.3) is 5.91 Å². The minimum Gasteiger partial charge on any atom is -0.328 e. The minimum atomic E-state index is -0.761. The molecule has 7 nitrogen and oxygen atoms in total. The maximum Gasteiger partial charge on any atom is 0.278 e. The number of nitrogens with one attached hydrogen (secondary N) is 1. The molecule has 3 rings (SSSR count). The summed E-state index contributed by atoms with van der Waals surface area (Å²) >= 11 is 12.1. The Morgan fingerprint density at radius 1 is 1.12 bits per heavy atom. The Hall–Kier alpha value is -3.23. The van der Waals surface area contributed by atoms with Crippen LogP contribution >= 0.6 is 23.2 Å². The summed E-state index contributed by atoms with van der Waals surface area (Å²) in [6.45, 7) is 2.98. The molecule has 0 saturated heterocycles. The SMILES string of the molecule is CCN(CC(=O)Nc1c(Cl)cccc1Cl)C(=O)c1nn(-c2ccccc2F)c(C)cc1=O. The second-order valence-electron chi connectivity index (χ2n) is 6.83. The fraction of sp³-hybridized carbons (Fsp3) is 0.182. The molecule has 0 aliphatic rings. The van der Waals surface area contributed by atoms with E-state index in [1.807, 2.05) is 0 Å². The average Bonchev–Trinajstić information content (AvgIpc) is 2.75. The summed E-state index contributed by atoms with van der Waals surface area (Å²) in [5, 5.41) is 7.15. The van der Waals surface area contributed by atoms with Crippen molar-refractivity contribution in [1.29, 1.82) is 0 Å². The molecule has 0 bridgehead atoms. The highest BCUT2D eigenvalue weighted by atomic mass is 35.5. The smallest absolute Gasteiger partial charge is 0.278 e. The van der Waals surface area contributed by atoms with Crippen molar-refractivity contribution in [2.24, 2.45) is 0 Å². The number of amides is 2. The molecule has 1 N–H and O–H groups in total. The molecular weight excluding hydrogens is 458 g/mol. The van der Waals surface area contributed by atoms with Gasteiger partial charge in [0.1, 0.15) is 18.0 Å². The predicted octanol–water partition coefficient (Wildman–Crippen LogP) is 4.09. The standard InChI is InChI=1S/C22H19Cl2FN4O3/c1-3-28(12-19(31)26-20-14(23)7-6-8-15(20)24)22(32)21-18(30)11-13(2)29(27-21)17-10-5-4-9-16(17)25/h4-11H,3,12H2,1-2H3,(H,26,31). The quantitative estimate of drug-likeness (QED) is 0.580. The predicted molar refractivity (Wildman–Crippen MR) is 121 cm³/mol. The van der Waals surface area contributed by atoms with Gasteiger partial charge in [-0.25, -0.2) is 9.07 Å². The van der Waals surface area contributed by atoms with E-state index in [4.69, 9.17) is 23.2 Å². The van der Waals surface area contributed by atoms with Crippen molar-refractivity contribution in [1.82, 2.24) is 14.7 Å². The van der Waals surface area contributed by atoms with Gasteiger partial charge in [0.2, 0.25) is 11.3 Å². The van der Waals surface area contributed by atoms with Crippen molar-refractivity contribution in [2.75, 3.05) is 18.4 Å². The summed E-state index contributed by atoms with van der Waals surface area (Å²) in [6, 6.07) is 11.8. The summed E-state index contributed by atoms with van der Waals surface area (Å²) in [5.41, 5.74) is -0.393. The van der Waals surface area contributed by atoms with E-state index in [0.29, 0.717) is 5.69 Å². The largest absolute Gasteiger partial charge is 0.328 e. The van der Waals surface area contributed by atoms with E-state index >= 15 is 0 Å². The van der Waals surface area contributed by atoms with E-state index in [1.165, 1.54) is 28.9 Å². The van der Waals surface area contributed by atoms with Crippen molar-refractivity contribution < 1.29 is 14.0 Å². The molecule has 1 aromatic heterocycles. The van der Waals surface area contributed by atoms with Crippen molar-refractivity contribution in [3.63, 3.8) is 0 Å². The van der Waals surface area contributed by atoms with E-state index in [0.717, 1.165) is 4.90 Å². The lowest BCUT2D eigenvalue weighted by molar-refractivity contribution is -0.116. The number of rotatable bonds is 6. The number of likely N-dealkylation sites (N-methyl/N-ethyl adjacent to an activating group) is 1.